The number of ether oxygens (including phenoxy) is 2. The zero-order valence-corrected chi connectivity index (χ0v) is 18.2. The molecule has 0 aliphatic heterocycles. The Morgan fingerprint density at radius 1 is 0.630 bits per heavy atom. The van der Waals surface area contributed by atoms with Crippen LogP contribution in [0.25, 0.3) is 0 Å². The molecule has 4 nitrogen and oxygen atoms in total. The second-order valence-electron chi connectivity index (χ2n) is 7.62. The Hall–Kier alpha value is -1.06. The molecule has 0 saturated carbocycles. The highest BCUT2D eigenvalue weighted by atomic mass is 16.5. The third-order valence-corrected chi connectivity index (χ3v) is 5.10. The summed E-state index contributed by atoms with van der Waals surface area (Å²) < 4.78 is 10.4. The van der Waals surface area contributed by atoms with Crippen LogP contribution in [-0.2, 0) is 19.1 Å². The number of carbonyl (C=O) groups excluding carboxylic acids is 2. The van der Waals surface area contributed by atoms with Gasteiger partial charge in [0.1, 0.15) is 0 Å². The molecule has 0 fully saturated rings. The smallest absolute Gasteiger partial charge is 0.305 e. The first kappa shape index (κ1) is 25.9. The molecule has 0 N–H and O–H groups in total. The van der Waals surface area contributed by atoms with Crippen LogP contribution >= 0.6 is 0 Å². The number of hydrogen-bond donors (Lipinski definition) is 0. The molecule has 0 aliphatic carbocycles. The predicted octanol–water partition coefficient (Wildman–Crippen LogP) is 6.60. The van der Waals surface area contributed by atoms with E-state index in [2.05, 4.69) is 20.8 Å². The molecule has 0 heterocycles. The van der Waals surface area contributed by atoms with E-state index in [4.69, 9.17) is 9.47 Å². The Labute approximate surface area is 167 Å². The van der Waals surface area contributed by atoms with Crippen molar-refractivity contribution in [2.75, 3.05) is 13.2 Å². The molecule has 4 heteroatoms. The van der Waals surface area contributed by atoms with E-state index >= 15 is 0 Å². The fourth-order valence-electron chi connectivity index (χ4n) is 3.09. The molecule has 1 atom stereocenters. The van der Waals surface area contributed by atoms with Crippen LogP contribution in [0.4, 0.5) is 0 Å². The average Bonchev–Trinajstić information content (AvgIpc) is 2.66. The molecule has 0 radical (unpaired) electrons. The van der Waals surface area contributed by atoms with Crippen LogP contribution in [0.5, 0.6) is 0 Å². The summed E-state index contributed by atoms with van der Waals surface area (Å²) in [5.74, 6) is 0.569. The Kier molecular flexibility index (Phi) is 18.9. The van der Waals surface area contributed by atoms with Crippen molar-refractivity contribution in [2.45, 2.75) is 117 Å². The summed E-state index contributed by atoms with van der Waals surface area (Å²) in [5, 5.41) is 0. The maximum absolute atomic E-state index is 11.7. The summed E-state index contributed by atoms with van der Waals surface area (Å²) >= 11 is 0. The topological polar surface area (TPSA) is 52.6 Å². The second kappa shape index (κ2) is 19.7. The van der Waals surface area contributed by atoms with Gasteiger partial charge >= 0.3 is 11.9 Å². The zero-order chi connectivity index (χ0) is 20.2. The van der Waals surface area contributed by atoms with Gasteiger partial charge in [-0.25, -0.2) is 0 Å². The van der Waals surface area contributed by atoms with E-state index in [1.165, 1.54) is 32.1 Å². The molecule has 0 rings (SSSR count). The minimum atomic E-state index is -0.0394. The standard InChI is InChI=1S/C23H44O4/c1-4-7-19-26-22(24)16-14-12-10-9-11-13-15-21(6-3)17-18-23(25)27-20-8-5-2/h21H,4-20H2,1-3H3. The van der Waals surface area contributed by atoms with Gasteiger partial charge in [-0.3, -0.25) is 9.59 Å². The van der Waals surface area contributed by atoms with Crippen molar-refractivity contribution >= 4 is 11.9 Å². The first-order chi connectivity index (χ1) is 13.1. The van der Waals surface area contributed by atoms with Crippen molar-refractivity contribution in [2.24, 2.45) is 5.92 Å². The molecule has 0 saturated heterocycles. The number of hydrogen-bond acceptors (Lipinski definition) is 4. The quantitative estimate of drug-likeness (QED) is 0.186. The Bertz CT molecular complexity index is 354. The summed E-state index contributed by atoms with van der Waals surface area (Å²) in [6, 6.07) is 0. The van der Waals surface area contributed by atoms with E-state index in [9.17, 15) is 9.59 Å². The minimum Gasteiger partial charge on any atom is -0.466 e. The zero-order valence-electron chi connectivity index (χ0n) is 18.2. The molecule has 1 unspecified atom stereocenters. The molecule has 0 aliphatic rings. The van der Waals surface area contributed by atoms with Crippen molar-refractivity contribution in [3.05, 3.63) is 0 Å². The van der Waals surface area contributed by atoms with Crippen LogP contribution in [0, 0.1) is 5.92 Å². The van der Waals surface area contributed by atoms with Crippen molar-refractivity contribution in [3.63, 3.8) is 0 Å². The summed E-state index contributed by atoms with van der Waals surface area (Å²) in [7, 11) is 0. The van der Waals surface area contributed by atoms with Gasteiger partial charge in [-0.1, -0.05) is 78.6 Å². The highest BCUT2D eigenvalue weighted by Crippen LogP contribution is 2.20. The van der Waals surface area contributed by atoms with Gasteiger partial charge in [-0.05, 0) is 31.6 Å². The molecule has 0 aromatic rings. The number of unbranched alkanes of at least 4 members (excludes halogenated alkanes) is 7. The van der Waals surface area contributed by atoms with Crippen LogP contribution in [0.1, 0.15) is 117 Å². The van der Waals surface area contributed by atoms with Crippen molar-refractivity contribution < 1.29 is 19.1 Å². The average molecular weight is 385 g/mol. The van der Waals surface area contributed by atoms with Crippen LogP contribution in [0.2, 0.25) is 0 Å². The lowest BCUT2D eigenvalue weighted by atomic mass is 9.93. The SMILES string of the molecule is CCCCOC(=O)CCCCCCCCC(CC)CCC(=O)OCCCC. The number of esters is 2. The van der Waals surface area contributed by atoms with Gasteiger partial charge in [-0.15, -0.1) is 0 Å². The molecular formula is C23H44O4. The van der Waals surface area contributed by atoms with E-state index in [1.54, 1.807) is 0 Å². The predicted molar refractivity (Wildman–Crippen MR) is 112 cm³/mol. The van der Waals surface area contributed by atoms with E-state index < -0.39 is 0 Å². The van der Waals surface area contributed by atoms with Gasteiger partial charge < -0.3 is 9.47 Å². The molecular weight excluding hydrogens is 340 g/mol. The van der Waals surface area contributed by atoms with Crippen LogP contribution in [0.3, 0.4) is 0 Å². The largest absolute Gasteiger partial charge is 0.466 e. The summed E-state index contributed by atoms with van der Waals surface area (Å²) in [6.07, 6.45) is 15.5. The highest BCUT2D eigenvalue weighted by molar-refractivity contribution is 5.69. The first-order valence-electron chi connectivity index (χ1n) is 11.4. The Balaban J connectivity index is 3.50. The number of rotatable bonds is 19. The maximum atomic E-state index is 11.7. The van der Waals surface area contributed by atoms with Crippen LogP contribution < -0.4 is 0 Å². The normalized spacial score (nSPS) is 12.0. The molecule has 0 aromatic carbocycles. The van der Waals surface area contributed by atoms with Crippen LogP contribution in [0.15, 0.2) is 0 Å². The lowest BCUT2D eigenvalue weighted by Gasteiger charge is -2.14. The minimum absolute atomic E-state index is 0.0323. The van der Waals surface area contributed by atoms with Crippen LogP contribution in [-0.4, -0.2) is 25.2 Å². The monoisotopic (exact) mass is 384 g/mol. The van der Waals surface area contributed by atoms with Gasteiger partial charge in [0.2, 0.25) is 0 Å². The molecule has 0 bridgehead atoms. The molecule has 0 aromatic heterocycles. The van der Waals surface area contributed by atoms with Crippen molar-refractivity contribution in [1.29, 1.82) is 0 Å². The van der Waals surface area contributed by atoms with Crippen molar-refractivity contribution in [3.8, 4) is 0 Å². The number of carbonyl (C=O) groups is 2. The molecule has 160 valence electrons. The first-order valence-corrected chi connectivity index (χ1v) is 11.4. The summed E-state index contributed by atoms with van der Waals surface area (Å²) in [4.78, 5) is 23.2. The lowest BCUT2D eigenvalue weighted by Crippen LogP contribution is -2.09. The third kappa shape index (κ3) is 18.1. The van der Waals surface area contributed by atoms with Gasteiger partial charge in [0.05, 0.1) is 13.2 Å². The van der Waals surface area contributed by atoms with Gasteiger partial charge in [0.25, 0.3) is 0 Å². The van der Waals surface area contributed by atoms with Crippen molar-refractivity contribution in [1.82, 2.24) is 0 Å². The fraction of sp³-hybridized carbons (Fsp3) is 0.913. The van der Waals surface area contributed by atoms with Gasteiger partial charge in [0, 0.05) is 12.8 Å². The molecule has 27 heavy (non-hydrogen) atoms. The lowest BCUT2D eigenvalue weighted by molar-refractivity contribution is -0.144. The highest BCUT2D eigenvalue weighted by Gasteiger charge is 2.10. The second-order valence-corrected chi connectivity index (χ2v) is 7.62. The van der Waals surface area contributed by atoms with E-state index in [0.29, 0.717) is 32.0 Å². The summed E-state index contributed by atoms with van der Waals surface area (Å²) in [6.45, 7) is 7.56. The Morgan fingerprint density at radius 3 is 1.70 bits per heavy atom. The van der Waals surface area contributed by atoms with E-state index in [1.807, 2.05) is 0 Å². The third-order valence-electron chi connectivity index (χ3n) is 5.10. The van der Waals surface area contributed by atoms with E-state index in [0.717, 1.165) is 51.4 Å². The Morgan fingerprint density at radius 2 is 1.15 bits per heavy atom. The van der Waals surface area contributed by atoms with Gasteiger partial charge in [0.15, 0.2) is 0 Å². The molecule has 0 spiro atoms. The maximum Gasteiger partial charge on any atom is 0.305 e. The summed E-state index contributed by atoms with van der Waals surface area (Å²) in [5.41, 5.74) is 0. The van der Waals surface area contributed by atoms with E-state index in [-0.39, 0.29) is 11.9 Å². The van der Waals surface area contributed by atoms with Gasteiger partial charge in [-0.2, -0.15) is 0 Å². The molecule has 0 amide bonds. The fourth-order valence-corrected chi connectivity index (χ4v) is 3.09.